The summed E-state index contributed by atoms with van der Waals surface area (Å²) in [5.41, 5.74) is 2.87. The van der Waals surface area contributed by atoms with Crippen molar-refractivity contribution in [1.82, 2.24) is 0 Å². The van der Waals surface area contributed by atoms with Crippen molar-refractivity contribution >= 4 is 29.8 Å². The van der Waals surface area contributed by atoms with Crippen LogP contribution in [0, 0.1) is 5.92 Å². The number of hydrogen-bond donors (Lipinski definition) is 2. The van der Waals surface area contributed by atoms with E-state index in [0.717, 1.165) is 18.4 Å². The number of hydrogen-bond acceptors (Lipinski definition) is 10. The molecule has 0 spiro atoms. The summed E-state index contributed by atoms with van der Waals surface area (Å²) in [4.78, 5) is 52.6. The molecule has 1 rings (SSSR count). The summed E-state index contributed by atoms with van der Waals surface area (Å²) in [5, 5.41) is 16.1. The van der Waals surface area contributed by atoms with E-state index in [9.17, 15) is 24.0 Å². The number of rotatable bonds is 16. The summed E-state index contributed by atoms with van der Waals surface area (Å²) in [6, 6.07) is 9.55. The lowest BCUT2D eigenvalue weighted by Crippen LogP contribution is -2.14. The topological polar surface area (TPSA) is 163 Å². The molecule has 0 fully saturated rings. The van der Waals surface area contributed by atoms with Crippen LogP contribution in [0.5, 0.6) is 0 Å². The molecule has 0 aromatic heterocycles. The molecule has 0 amide bonds. The summed E-state index contributed by atoms with van der Waals surface area (Å²) in [5.74, 6) is -1.80. The van der Waals surface area contributed by atoms with Crippen LogP contribution in [-0.2, 0) is 49.5 Å². The minimum atomic E-state index is -0.935. The molecule has 0 saturated heterocycles. The van der Waals surface area contributed by atoms with Gasteiger partial charge < -0.3 is 29.2 Å². The van der Waals surface area contributed by atoms with Gasteiger partial charge in [-0.3, -0.25) is 0 Å². The minimum absolute atomic E-state index is 0.0473. The second kappa shape index (κ2) is 34.1. The predicted octanol–water partition coefficient (Wildman–Crippen LogP) is 7.50. The van der Waals surface area contributed by atoms with E-state index >= 15 is 0 Å². The Morgan fingerprint density at radius 2 is 1.08 bits per heavy atom. The van der Waals surface area contributed by atoms with E-state index in [1.54, 1.807) is 34.6 Å². The molecular weight excluding hydrogens is 644 g/mol. The first-order valence-corrected chi connectivity index (χ1v) is 16.2. The number of benzene rings is 1. The third kappa shape index (κ3) is 36.1. The van der Waals surface area contributed by atoms with E-state index < -0.39 is 11.9 Å². The molecule has 0 radical (unpaired) electrons. The summed E-state index contributed by atoms with van der Waals surface area (Å²) in [6.45, 7) is 32.1. The Hall–Kier alpha value is -4.77. The van der Waals surface area contributed by atoms with Crippen LogP contribution in [0.4, 0.5) is 0 Å². The zero-order chi connectivity index (χ0) is 39.7. The summed E-state index contributed by atoms with van der Waals surface area (Å²) >= 11 is 0. The highest BCUT2D eigenvalue weighted by Gasteiger charge is 2.10. The van der Waals surface area contributed by atoms with Crippen LogP contribution in [0.25, 0.3) is 0 Å². The third-order valence-corrected chi connectivity index (χ3v) is 5.56. The number of carbonyl (C=O) groups is 5. The van der Waals surface area contributed by atoms with Gasteiger partial charge >= 0.3 is 29.8 Å². The van der Waals surface area contributed by atoms with Crippen molar-refractivity contribution in [3.63, 3.8) is 0 Å². The predicted molar refractivity (Wildman–Crippen MR) is 197 cm³/mol. The normalized spacial score (nSPS) is 9.62. The van der Waals surface area contributed by atoms with Gasteiger partial charge in [0.2, 0.25) is 0 Å². The second-order valence-electron chi connectivity index (χ2n) is 10.9. The highest BCUT2D eigenvalue weighted by Crippen LogP contribution is 2.13. The molecule has 0 bridgehead atoms. The molecule has 282 valence electrons. The lowest BCUT2D eigenvalue weighted by atomic mass is 10.0. The van der Waals surface area contributed by atoms with Gasteiger partial charge in [-0.25, -0.2) is 24.0 Å². The van der Waals surface area contributed by atoms with E-state index in [1.165, 1.54) is 19.8 Å². The lowest BCUT2D eigenvalue weighted by Gasteiger charge is -2.14. The van der Waals surface area contributed by atoms with Gasteiger partial charge in [0.25, 0.3) is 0 Å². The number of aliphatic hydroxyl groups excluding tert-OH is 1. The fraction of sp³-hybridized carbons (Fsp3) is 0.462. The van der Waals surface area contributed by atoms with Gasteiger partial charge in [0.15, 0.2) is 0 Å². The molecule has 0 saturated carbocycles. The van der Waals surface area contributed by atoms with Crippen LogP contribution < -0.4 is 0 Å². The highest BCUT2D eigenvalue weighted by atomic mass is 16.5. The summed E-state index contributed by atoms with van der Waals surface area (Å²) in [6.07, 6.45) is 4.63. The maximum absolute atomic E-state index is 11.1. The number of carboxylic acids is 1. The zero-order valence-corrected chi connectivity index (χ0v) is 31.4. The van der Waals surface area contributed by atoms with Gasteiger partial charge in [0.1, 0.15) is 13.2 Å². The van der Waals surface area contributed by atoms with Crippen LogP contribution in [0.15, 0.2) is 91.1 Å². The Morgan fingerprint density at radius 3 is 1.42 bits per heavy atom. The molecule has 11 nitrogen and oxygen atoms in total. The molecule has 0 aliphatic heterocycles. The van der Waals surface area contributed by atoms with Crippen LogP contribution in [0.3, 0.4) is 0 Å². The SMILES string of the molecule is C=C(C)C(=O)O.C=C(C)C(=O)OCC.C=C(C)C(=O)OCC(CC)CCCC.C=C(C)C(=O)OCCO.C=C(C)C(=O)OCc1ccccc1. The van der Waals surface area contributed by atoms with E-state index in [-0.39, 0.29) is 36.7 Å². The first-order chi connectivity index (χ1) is 23.3. The number of aliphatic carboxylic acids is 1. The van der Waals surface area contributed by atoms with Crippen molar-refractivity contribution in [2.45, 2.75) is 87.7 Å². The molecule has 1 aromatic carbocycles. The smallest absolute Gasteiger partial charge is 0.333 e. The van der Waals surface area contributed by atoms with E-state index in [1.807, 2.05) is 30.3 Å². The van der Waals surface area contributed by atoms with Crippen molar-refractivity contribution < 1.29 is 53.1 Å². The van der Waals surface area contributed by atoms with Crippen molar-refractivity contribution in [2.75, 3.05) is 26.4 Å². The fourth-order valence-electron chi connectivity index (χ4n) is 2.58. The number of esters is 4. The Bertz CT molecular complexity index is 1200. The van der Waals surface area contributed by atoms with E-state index in [0.29, 0.717) is 48.0 Å². The zero-order valence-electron chi connectivity index (χ0n) is 31.4. The number of unbranched alkanes of at least 4 members (excludes halogenated alkanes) is 1. The Labute approximate surface area is 299 Å². The number of carbonyl (C=O) groups excluding carboxylic acids is 4. The van der Waals surface area contributed by atoms with Crippen molar-refractivity contribution in [3.8, 4) is 0 Å². The average molecular weight is 705 g/mol. The van der Waals surface area contributed by atoms with Crippen LogP contribution in [0.2, 0.25) is 0 Å². The Kier molecular flexibility index (Phi) is 35.5. The van der Waals surface area contributed by atoms with Gasteiger partial charge in [-0.2, -0.15) is 0 Å². The molecule has 0 aliphatic rings. The van der Waals surface area contributed by atoms with Crippen LogP contribution in [0.1, 0.15) is 86.6 Å². The van der Waals surface area contributed by atoms with Gasteiger partial charge in [-0.15, -0.1) is 0 Å². The molecule has 1 unspecified atom stereocenters. The Morgan fingerprint density at radius 1 is 0.660 bits per heavy atom. The molecule has 11 heteroatoms. The quantitative estimate of drug-likeness (QED) is 0.0995. The van der Waals surface area contributed by atoms with Crippen molar-refractivity contribution in [1.29, 1.82) is 0 Å². The maximum Gasteiger partial charge on any atom is 0.333 e. The molecule has 1 aromatic rings. The standard InChI is InChI=1S/C12H22O2.C11H12O2.C6H10O3.C6H10O2.C4H6O2/c1-5-7-8-11(6-2)9-14-12(13)10(3)4;1-9(2)11(12)13-8-10-6-4-3-5-7-10;1-5(2)6(8)9-4-3-7;1-4-8-6(7)5(2)3;1-3(2)4(5)6/h11H,3,5-9H2,1-2,4H3;3-7H,1,8H2,2H3;7H,1,3-4H2,2H3;2,4H2,1,3H3;1H2,2H3,(H,5,6). The first-order valence-electron chi connectivity index (χ1n) is 16.2. The minimum Gasteiger partial charge on any atom is -0.478 e. The first kappa shape index (κ1) is 52.1. The molecule has 2 N–H and O–H groups in total. The number of ether oxygens (including phenoxy) is 4. The average Bonchev–Trinajstić information content (AvgIpc) is 3.07. The molecule has 1 atom stereocenters. The maximum atomic E-state index is 11.1. The number of carboxylic acid groups (broad SMARTS) is 1. The Balaban J connectivity index is -0.000000273. The molecule has 0 heterocycles. The molecule has 0 aliphatic carbocycles. The summed E-state index contributed by atoms with van der Waals surface area (Å²) < 4.78 is 19.1. The largest absolute Gasteiger partial charge is 0.478 e. The van der Waals surface area contributed by atoms with Crippen molar-refractivity contribution in [3.05, 3.63) is 96.7 Å². The monoisotopic (exact) mass is 704 g/mol. The molecule has 50 heavy (non-hydrogen) atoms. The van der Waals surface area contributed by atoms with E-state index in [2.05, 4.69) is 56.2 Å². The second-order valence-corrected chi connectivity index (χ2v) is 10.9. The lowest BCUT2D eigenvalue weighted by molar-refractivity contribution is -0.141. The number of aliphatic hydroxyl groups is 1. The van der Waals surface area contributed by atoms with Crippen LogP contribution in [-0.4, -0.2) is 66.5 Å². The van der Waals surface area contributed by atoms with Gasteiger partial charge in [0.05, 0.1) is 19.8 Å². The highest BCUT2D eigenvalue weighted by molar-refractivity contribution is 5.88. The summed E-state index contributed by atoms with van der Waals surface area (Å²) in [7, 11) is 0. The molecular formula is C39H60O11. The van der Waals surface area contributed by atoms with Gasteiger partial charge in [-0.1, -0.05) is 96.3 Å². The van der Waals surface area contributed by atoms with Crippen LogP contribution >= 0.6 is 0 Å². The van der Waals surface area contributed by atoms with Gasteiger partial charge in [0, 0.05) is 27.9 Å². The van der Waals surface area contributed by atoms with Crippen molar-refractivity contribution in [2.24, 2.45) is 5.92 Å². The van der Waals surface area contributed by atoms with E-state index in [4.69, 9.17) is 19.7 Å². The third-order valence-electron chi connectivity index (χ3n) is 5.56. The fourth-order valence-corrected chi connectivity index (χ4v) is 2.58. The van der Waals surface area contributed by atoms with Gasteiger partial charge in [-0.05, 0) is 59.4 Å².